The van der Waals surface area contributed by atoms with Gasteiger partial charge in [-0.3, -0.25) is 4.79 Å². The highest BCUT2D eigenvalue weighted by Gasteiger charge is 2.39. The molecule has 0 spiro atoms. The number of thiazole rings is 1. The fourth-order valence-corrected chi connectivity index (χ4v) is 4.42. The first-order valence-corrected chi connectivity index (χ1v) is 9.09. The van der Waals surface area contributed by atoms with Crippen molar-refractivity contribution in [2.75, 3.05) is 0 Å². The number of hydrogen-bond donors (Lipinski definition) is 2. The molecule has 2 aliphatic rings. The van der Waals surface area contributed by atoms with Gasteiger partial charge in [-0.05, 0) is 31.4 Å². The van der Waals surface area contributed by atoms with Crippen LogP contribution in [0.1, 0.15) is 28.9 Å². The van der Waals surface area contributed by atoms with Gasteiger partial charge in [0.1, 0.15) is 9.88 Å². The zero-order chi connectivity index (χ0) is 15.1. The van der Waals surface area contributed by atoms with E-state index in [9.17, 15) is 4.79 Å². The van der Waals surface area contributed by atoms with Crippen LogP contribution < -0.4 is 10.6 Å². The maximum Gasteiger partial charge on any atom is 0.263 e. The van der Waals surface area contributed by atoms with Crippen LogP contribution in [0, 0.1) is 0 Å². The van der Waals surface area contributed by atoms with Gasteiger partial charge in [0.05, 0.1) is 6.20 Å². The molecule has 2 N–H and O–H groups in total. The summed E-state index contributed by atoms with van der Waals surface area (Å²) in [5.41, 5.74) is 1.04. The topological polar surface area (TPSA) is 54.0 Å². The number of fused-ring (bicyclic) bond motifs is 2. The molecular weight excluding hydrogens is 362 g/mol. The number of amides is 1. The maximum atomic E-state index is 12.4. The van der Waals surface area contributed by atoms with E-state index in [1.165, 1.54) is 24.2 Å². The van der Waals surface area contributed by atoms with Gasteiger partial charge < -0.3 is 10.6 Å². The Kier molecular flexibility index (Phi) is 3.76. The molecule has 1 aromatic carbocycles. The minimum atomic E-state index is 0.000196. The van der Waals surface area contributed by atoms with Crippen molar-refractivity contribution in [1.29, 1.82) is 0 Å². The number of aromatic nitrogens is 1. The Hall–Kier alpha value is -1.24. The molecule has 3 unspecified atom stereocenters. The summed E-state index contributed by atoms with van der Waals surface area (Å²) in [6.45, 7) is 0. The molecule has 0 saturated carbocycles. The van der Waals surface area contributed by atoms with Gasteiger partial charge in [-0.25, -0.2) is 4.98 Å². The first-order chi connectivity index (χ1) is 10.7. The van der Waals surface area contributed by atoms with Crippen LogP contribution in [-0.4, -0.2) is 29.0 Å². The largest absolute Gasteiger partial charge is 0.347 e. The zero-order valence-electron chi connectivity index (χ0n) is 11.9. The van der Waals surface area contributed by atoms with E-state index in [1.807, 2.05) is 24.3 Å². The molecule has 2 saturated heterocycles. The fourth-order valence-electron chi connectivity index (χ4n) is 3.33. The van der Waals surface area contributed by atoms with E-state index < -0.39 is 0 Å². The average Bonchev–Trinajstić information content (AvgIpc) is 3.24. The van der Waals surface area contributed by atoms with E-state index in [4.69, 9.17) is 0 Å². The summed E-state index contributed by atoms with van der Waals surface area (Å²) in [6, 6.07) is 9.29. The molecule has 4 nitrogen and oxygen atoms in total. The second-order valence-corrected chi connectivity index (χ2v) is 7.85. The Morgan fingerprint density at radius 3 is 2.82 bits per heavy atom. The lowest BCUT2D eigenvalue weighted by Crippen LogP contribution is -2.42. The predicted molar refractivity (Wildman–Crippen MR) is 91.1 cm³/mol. The number of benzene rings is 1. The highest BCUT2D eigenvalue weighted by atomic mass is 79.9. The molecule has 3 heterocycles. The second-order valence-electron chi connectivity index (χ2n) is 5.90. The van der Waals surface area contributed by atoms with Gasteiger partial charge in [0.2, 0.25) is 0 Å². The van der Waals surface area contributed by atoms with E-state index in [0.29, 0.717) is 17.0 Å². The normalized spacial score (nSPS) is 26.3. The third kappa shape index (κ3) is 2.71. The molecule has 2 aromatic rings. The molecule has 0 radical (unpaired) electrons. The molecule has 0 aliphatic carbocycles. The van der Waals surface area contributed by atoms with Crippen LogP contribution in [0.5, 0.6) is 0 Å². The van der Waals surface area contributed by atoms with Crippen LogP contribution in [0.25, 0.3) is 10.6 Å². The summed E-state index contributed by atoms with van der Waals surface area (Å²) < 4.78 is 1.04. The van der Waals surface area contributed by atoms with Crippen molar-refractivity contribution in [3.05, 3.63) is 39.8 Å². The number of carbonyl (C=O) groups excluding carboxylic acids is 1. The predicted octanol–water partition coefficient (Wildman–Crippen LogP) is 3.20. The zero-order valence-corrected chi connectivity index (χ0v) is 14.3. The molecule has 114 valence electrons. The number of nitrogens with one attached hydrogen (secondary N) is 2. The van der Waals surface area contributed by atoms with Gasteiger partial charge in [-0.15, -0.1) is 11.3 Å². The Labute approximate surface area is 141 Å². The highest BCUT2D eigenvalue weighted by Crippen LogP contribution is 2.30. The van der Waals surface area contributed by atoms with Crippen molar-refractivity contribution in [2.45, 2.75) is 37.4 Å². The maximum absolute atomic E-state index is 12.4. The Morgan fingerprint density at radius 2 is 2.14 bits per heavy atom. The number of nitrogens with zero attached hydrogens (tertiary/aromatic N) is 1. The quantitative estimate of drug-likeness (QED) is 0.863. The molecular formula is C16H16BrN3OS. The second kappa shape index (κ2) is 5.76. The number of hydrogen-bond acceptors (Lipinski definition) is 4. The molecule has 22 heavy (non-hydrogen) atoms. The molecule has 6 heteroatoms. The van der Waals surface area contributed by atoms with Crippen molar-refractivity contribution in [3.8, 4) is 10.6 Å². The number of carbonyl (C=O) groups is 1. The van der Waals surface area contributed by atoms with Crippen molar-refractivity contribution < 1.29 is 4.79 Å². The van der Waals surface area contributed by atoms with Gasteiger partial charge in [-0.2, -0.15) is 0 Å². The lowest BCUT2D eigenvalue weighted by molar-refractivity contribution is 0.0935. The van der Waals surface area contributed by atoms with E-state index >= 15 is 0 Å². The monoisotopic (exact) mass is 377 g/mol. The molecule has 4 rings (SSSR count). The van der Waals surface area contributed by atoms with Crippen LogP contribution in [0.3, 0.4) is 0 Å². The number of rotatable bonds is 3. The summed E-state index contributed by atoms with van der Waals surface area (Å²) in [7, 11) is 0. The Morgan fingerprint density at radius 1 is 1.32 bits per heavy atom. The summed E-state index contributed by atoms with van der Waals surface area (Å²) in [4.78, 5) is 17.5. The van der Waals surface area contributed by atoms with E-state index in [0.717, 1.165) is 21.5 Å². The molecule has 2 aliphatic heterocycles. The van der Waals surface area contributed by atoms with Gasteiger partial charge in [0, 0.05) is 28.2 Å². The molecule has 1 aromatic heterocycles. The summed E-state index contributed by atoms with van der Waals surface area (Å²) in [6.07, 6.45) is 5.14. The van der Waals surface area contributed by atoms with E-state index in [1.54, 1.807) is 6.20 Å². The minimum Gasteiger partial charge on any atom is -0.347 e. The standard InChI is InChI=1S/C16H16BrN3OS/c17-10-3-1-9(2-4-10)16-18-8-14(22-16)15(21)20-13-7-11-5-6-12(13)19-11/h1-4,8,11-13,19H,5-7H2,(H,20,21). The van der Waals surface area contributed by atoms with Crippen LogP contribution >= 0.6 is 27.3 Å². The molecule has 2 fully saturated rings. The molecule has 3 atom stereocenters. The average molecular weight is 378 g/mol. The van der Waals surface area contributed by atoms with Gasteiger partial charge in [-0.1, -0.05) is 28.1 Å². The first kappa shape index (κ1) is 14.4. The van der Waals surface area contributed by atoms with Crippen LogP contribution in [0.2, 0.25) is 0 Å². The third-order valence-corrected chi connectivity index (χ3v) is 6.01. The van der Waals surface area contributed by atoms with Crippen molar-refractivity contribution in [2.24, 2.45) is 0 Å². The summed E-state index contributed by atoms with van der Waals surface area (Å²) in [5, 5.41) is 7.58. The summed E-state index contributed by atoms with van der Waals surface area (Å²) in [5.74, 6) is 0.000196. The smallest absolute Gasteiger partial charge is 0.263 e. The van der Waals surface area contributed by atoms with Crippen LogP contribution in [0.15, 0.2) is 34.9 Å². The Balaban J connectivity index is 1.46. The molecule has 1 amide bonds. The number of halogens is 1. The fraction of sp³-hybridized carbons (Fsp3) is 0.375. The van der Waals surface area contributed by atoms with Crippen molar-refractivity contribution in [1.82, 2.24) is 15.6 Å². The summed E-state index contributed by atoms with van der Waals surface area (Å²) >= 11 is 4.87. The highest BCUT2D eigenvalue weighted by molar-refractivity contribution is 9.10. The lowest BCUT2D eigenvalue weighted by atomic mass is 9.95. The lowest BCUT2D eigenvalue weighted by Gasteiger charge is -2.20. The van der Waals surface area contributed by atoms with Gasteiger partial charge in [0.15, 0.2) is 0 Å². The van der Waals surface area contributed by atoms with Gasteiger partial charge >= 0.3 is 0 Å². The van der Waals surface area contributed by atoms with Crippen molar-refractivity contribution in [3.63, 3.8) is 0 Å². The SMILES string of the molecule is O=C(NC1CC2CCC1N2)c1cnc(-c2ccc(Br)cc2)s1. The molecule has 2 bridgehead atoms. The van der Waals surface area contributed by atoms with Crippen LogP contribution in [-0.2, 0) is 0 Å². The Bertz CT molecular complexity index is 700. The first-order valence-electron chi connectivity index (χ1n) is 7.48. The van der Waals surface area contributed by atoms with Crippen LogP contribution in [0.4, 0.5) is 0 Å². The third-order valence-electron chi connectivity index (χ3n) is 4.44. The van der Waals surface area contributed by atoms with Gasteiger partial charge in [0.25, 0.3) is 5.91 Å². The van der Waals surface area contributed by atoms with E-state index in [-0.39, 0.29) is 11.9 Å². The van der Waals surface area contributed by atoms with E-state index in [2.05, 4.69) is 31.5 Å². The van der Waals surface area contributed by atoms with Crippen molar-refractivity contribution >= 4 is 33.2 Å². The minimum absolute atomic E-state index is 0.000196.